The molecule has 1 aromatic rings. The molecule has 0 aliphatic carbocycles. The van der Waals surface area contributed by atoms with Crippen LogP contribution in [0.3, 0.4) is 0 Å². The lowest BCUT2D eigenvalue weighted by Gasteiger charge is -2.13. The Balaban J connectivity index is 2.44. The summed E-state index contributed by atoms with van der Waals surface area (Å²) in [4.78, 5) is 0. The van der Waals surface area contributed by atoms with Gasteiger partial charge in [0.1, 0.15) is 0 Å². The minimum atomic E-state index is -0.682. The van der Waals surface area contributed by atoms with Crippen molar-refractivity contribution in [1.29, 1.82) is 0 Å². The maximum atomic E-state index is 11.0. The second-order valence-electron chi connectivity index (χ2n) is 4.80. The van der Waals surface area contributed by atoms with Gasteiger partial charge in [0.2, 0.25) is 0 Å². The highest BCUT2D eigenvalue weighted by Crippen LogP contribution is 2.13. The third kappa shape index (κ3) is 4.28. The second-order valence-corrected chi connectivity index (χ2v) is 6.36. The van der Waals surface area contributed by atoms with Crippen molar-refractivity contribution in [2.75, 3.05) is 12.0 Å². The van der Waals surface area contributed by atoms with Crippen LogP contribution in [-0.2, 0) is 24.4 Å². The fourth-order valence-electron chi connectivity index (χ4n) is 1.84. The summed E-state index contributed by atoms with van der Waals surface area (Å²) >= 11 is 0. The van der Waals surface area contributed by atoms with E-state index < -0.39 is 10.8 Å². The maximum absolute atomic E-state index is 11.0. The first-order valence-corrected chi connectivity index (χ1v) is 7.79. The Hall–Kier alpha value is -0.610. The van der Waals surface area contributed by atoms with Crippen molar-refractivity contribution < 1.29 is 4.21 Å². The first-order valence-electron chi connectivity index (χ1n) is 6.07. The first kappa shape index (κ1) is 14.5. The summed E-state index contributed by atoms with van der Waals surface area (Å²) in [5, 5.41) is 3.49. The van der Waals surface area contributed by atoms with Crippen LogP contribution >= 0.6 is 0 Å². The van der Waals surface area contributed by atoms with Crippen LogP contribution in [0.5, 0.6) is 0 Å². The summed E-state index contributed by atoms with van der Waals surface area (Å²) in [7, 11) is 1.41. The number of nitrogens with zero attached hydrogens (tertiary/aromatic N) is 1. The van der Waals surface area contributed by atoms with Crippen LogP contribution in [0.1, 0.15) is 30.3 Å². The molecule has 0 aliphatic heterocycles. The van der Waals surface area contributed by atoms with Crippen molar-refractivity contribution in [3.63, 3.8) is 0 Å². The molecular weight excluding hydrogens is 232 g/mol. The van der Waals surface area contributed by atoms with E-state index in [0.29, 0.717) is 6.04 Å². The van der Waals surface area contributed by atoms with E-state index in [9.17, 15) is 4.21 Å². The second kappa shape index (κ2) is 6.36. The van der Waals surface area contributed by atoms with Gasteiger partial charge in [0.05, 0.1) is 0 Å². The van der Waals surface area contributed by atoms with Gasteiger partial charge in [0, 0.05) is 53.8 Å². The number of aryl methyl sites for hydroxylation is 1. The topological polar surface area (TPSA) is 34.0 Å². The van der Waals surface area contributed by atoms with Crippen molar-refractivity contribution in [1.82, 2.24) is 9.88 Å². The molecular formula is C13H24N2OS. The lowest BCUT2D eigenvalue weighted by Crippen LogP contribution is -2.27. The molecule has 1 N–H and O–H groups in total. The molecule has 0 fully saturated rings. The molecule has 0 saturated carbocycles. The van der Waals surface area contributed by atoms with Gasteiger partial charge in [-0.15, -0.1) is 0 Å². The minimum absolute atomic E-state index is 0.416. The maximum Gasteiger partial charge on any atom is 0.0246 e. The average molecular weight is 256 g/mol. The van der Waals surface area contributed by atoms with Gasteiger partial charge in [-0.1, -0.05) is 0 Å². The zero-order chi connectivity index (χ0) is 13.0. The first-order chi connectivity index (χ1) is 7.91. The molecule has 0 spiro atoms. The SMILES string of the molecule is Cc1cc(CNC(C)CCS(C)=O)c(C)n1C. The molecule has 0 radical (unpaired) electrons. The van der Waals surface area contributed by atoms with E-state index in [1.54, 1.807) is 6.26 Å². The number of nitrogens with one attached hydrogen (secondary N) is 1. The van der Waals surface area contributed by atoms with Crippen molar-refractivity contribution in [3.05, 3.63) is 23.0 Å². The van der Waals surface area contributed by atoms with Gasteiger partial charge in [-0.05, 0) is 38.8 Å². The average Bonchev–Trinajstić information content (AvgIpc) is 2.51. The fraction of sp³-hybridized carbons (Fsp3) is 0.692. The highest BCUT2D eigenvalue weighted by atomic mass is 32.2. The predicted octanol–water partition coefficient (Wildman–Crippen LogP) is 1.89. The van der Waals surface area contributed by atoms with E-state index in [1.807, 2.05) is 0 Å². The van der Waals surface area contributed by atoms with Crippen LogP contribution in [0.4, 0.5) is 0 Å². The lowest BCUT2D eigenvalue weighted by molar-refractivity contribution is 0.533. The third-order valence-electron chi connectivity index (χ3n) is 3.36. The molecule has 0 bridgehead atoms. The van der Waals surface area contributed by atoms with Crippen molar-refractivity contribution >= 4 is 10.8 Å². The Morgan fingerprint density at radius 2 is 2.12 bits per heavy atom. The highest BCUT2D eigenvalue weighted by molar-refractivity contribution is 7.84. The Labute approximate surface area is 107 Å². The standard InChI is InChI=1S/C13H24N2OS/c1-10(6-7-17(5)16)14-9-13-8-11(2)15(4)12(13)3/h8,10,14H,6-7,9H2,1-5H3. The summed E-state index contributed by atoms with van der Waals surface area (Å²) in [5.74, 6) is 0.779. The summed E-state index contributed by atoms with van der Waals surface area (Å²) in [6.45, 7) is 7.32. The quantitative estimate of drug-likeness (QED) is 0.843. The monoisotopic (exact) mass is 256 g/mol. The van der Waals surface area contributed by atoms with E-state index in [4.69, 9.17) is 0 Å². The van der Waals surface area contributed by atoms with Crippen LogP contribution in [0.15, 0.2) is 6.07 Å². The zero-order valence-electron chi connectivity index (χ0n) is 11.5. The van der Waals surface area contributed by atoms with Gasteiger partial charge >= 0.3 is 0 Å². The molecule has 98 valence electrons. The zero-order valence-corrected chi connectivity index (χ0v) is 12.4. The smallest absolute Gasteiger partial charge is 0.0246 e. The van der Waals surface area contributed by atoms with Crippen LogP contribution in [0.2, 0.25) is 0 Å². The van der Waals surface area contributed by atoms with Crippen LogP contribution < -0.4 is 5.32 Å². The van der Waals surface area contributed by atoms with Crippen molar-refractivity contribution in [2.24, 2.45) is 7.05 Å². The van der Waals surface area contributed by atoms with Gasteiger partial charge in [-0.25, -0.2) is 0 Å². The van der Waals surface area contributed by atoms with Gasteiger partial charge in [0.15, 0.2) is 0 Å². The van der Waals surface area contributed by atoms with Gasteiger partial charge in [0.25, 0.3) is 0 Å². The molecule has 0 amide bonds. The molecule has 1 rings (SSSR count). The Morgan fingerprint density at radius 3 is 2.59 bits per heavy atom. The summed E-state index contributed by atoms with van der Waals surface area (Å²) in [5.41, 5.74) is 3.97. The van der Waals surface area contributed by atoms with Crippen LogP contribution in [-0.4, -0.2) is 26.8 Å². The molecule has 2 atom stereocenters. The molecule has 0 aromatic carbocycles. The lowest BCUT2D eigenvalue weighted by atomic mass is 10.2. The number of aromatic nitrogens is 1. The van der Waals surface area contributed by atoms with Crippen molar-refractivity contribution in [3.8, 4) is 0 Å². The Kier molecular flexibility index (Phi) is 5.40. The van der Waals surface area contributed by atoms with Crippen molar-refractivity contribution in [2.45, 2.75) is 39.8 Å². The summed E-state index contributed by atoms with van der Waals surface area (Å²) in [6.07, 6.45) is 2.73. The number of rotatable bonds is 6. The molecule has 2 unspecified atom stereocenters. The van der Waals surface area contributed by atoms with Gasteiger partial charge < -0.3 is 9.88 Å². The molecule has 0 saturated heterocycles. The van der Waals surface area contributed by atoms with Gasteiger partial charge in [-0.3, -0.25) is 4.21 Å². The molecule has 17 heavy (non-hydrogen) atoms. The van der Waals surface area contributed by atoms with E-state index >= 15 is 0 Å². The Morgan fingerprint density at radius 1 is 1.47 bits per heavy atom. The predicted molar refractivity (Wildman–Crippen MR) is 74.7 cm³/mol. The van der Waals surface area contributed by atoms with E-state index in [0.717, 1.165) is 18.7 Å². The molecule has 0 aliphatic rings. The summed E-state index contributed by atoms with van der Waals surface area (Å²) in [6, 6.07) is 2.64. The number of hydrogen-bond acceptors (Lipinski definition) is 2. The van der Waals surface area contributed by atoms with E-state index in [1.165, 1.54) is 17.0 Å². The van der Waals surface area contributed by atoms with Gasteiger partial charge in [-0.2, -0.15) is 0 Å². The molecule has 1 aromatic heterocycles. The highest BCUT2D eigenvalue weighted by Gasteiger charge is 2.08. The van der Waals surface area contributed by atoms with Crippen LogP contribution in [0, 0.1) is 13.8 Å². The normalized spacial score (nSPS) is 14.9. The Bertz CT molecular complexity index is 398. The van der Waals surface area contributed by atoms with E-state index in [-0.39, 0.29) is 0 Å². The molecule has 3 nitrogen and oxygen atoms in total. The minimum Gasteiger partial charge on any atom is -0.352 e. The molecule has 1 heterocycles. The molecule has 4 heteroatoms. The fourth-order valence-corrected chi connectivity index (χ4v) is 2.53. The number of hydrogen-bond donors (Lipinski definition) is 1. The largest absolute Gasteiger partial charge is 0.352 e. The summed E-state index contributed by atoms with van der Waals surface area (Å²) < 4.78 is 13.2. The van der Waals surface area contributed by atoms with Crippen LogP contribution in [0.25, 0.3) is 0 Å². The third-order valence-corrected chi connectivity index (χ3v) is 4.17. The van der Waals surface area contributed by atoms with E-state index in [2.05, 4.69) is 43.8 Å².